The van der Waals surface area contributed by atoms with Crippen LogP contribution in [0, 0.1) is 0 Å². The Labute approximate surface area is 108 Å². The van der Waals surface area contributed by atoms with Crippen LogP contribution in [0.1, 0.15) is 35.5 Å². The van der Waals surface area contributed by atoms with Crippen molar-refractivity contribution in [1.82, 2.24) is 4.90 Å². The first-order valence-corrected chi connectivity index (χ1v) is 6.64. The summed E-state index contributed by atoms with van der Waals surface area (Å²) in [6.07, 6.45) is 0.176. The van der Waals surface area contributed by atoms with E-state index in [9.17, 15) is 14.4 Å². The maximum atomic E-state index is 11.7. The largest absolute Gasteiger partial charge is 0.368 e. The van der Waals surface area contributed by atoms with Gasteiger partial charge in [0.25, 0.3) is 0 Å². The number of carbonyl (C=O) groups is 3. The third kappa shape index (κ3) is 4.77. The molecule has 1 rings (SSSR count). The SMILES string of the molecule is CC.CC(C)SC1CC(=O)N(CC(N)=O)C1=O.[HH]. The van der Waals surface area contributed by atoms with Crippen LogP contribution in [0.3, 0.4) is 0 Å². The average Bonchev–Trinajstić information content (AvgIpc) is 2.48. The van der Waals surface area contributed by atoms with Crippen molar-refractivity contribution in [3.63, 3.8) is 0 Å². The molecule has 0 bridgehead atoms. The van der Waals surface area contributed by atoms with Gasteiger partial charge < -0.3 is 5.73 Å². The third-order valence-electron chi connectivity index (χ3n) is 1.95. The fraction of sp³-hybridized carbons (Fsp3) is 0.727. The highest BCUT2D eigenvalue weighted by Gasteiger charge is 2.39. The summed E-state index contributed by atoms with van der Waals surface area (Å²) in [5, 5.41) is -0.0721. The summed E-state index contributed by atoms with van der Waals surface area (Å²) in [5.74, 6) is -1.26. The smallest absolute Gasteiger partial charge is 0.243 e. The van der Waals surface area contributed by atoms with E-state index in [0.717, 1.165) is 4.90 Å². The lowest BCUT2D eigenvalue weighted by Gasteiger charge is -2.13. The lowest BCUT2D eigenvalue weighted by Crippen LogP contribution is -2.38. The molecule has 3 amide bonds. The van der Waals surface area contributed by atoms with E-state index in [1.807, 2.05) is 27.7 Å². The van der Waals surface area contributed by atoms with Crippen molar-refractivity contribution in [2.24, 2.45) is 5.73 Å². The highest BCUT2D eigenvalue weighted by Crippen LogP contribution is 2.27. The maximum Gasteiger partial charge on any atom is 0.243 e. The van der Waals surface area contributed by atoms with Gasteiger partial charge in [-0.1, -0.05) is 27.7 Å². The molecule has 17 heavy (non-hydrogen) atoms. The Hall–Kier alpha value is -1.04. The van der Waals surface area contributed by atoms with Crippen LogP contribution in [0.2, 0.25) is 0 Å². The fourth-order valence-electron chi connectivity index (χ4n) is 1.41. The van der Waals surface area contributed by atoms with Gasteiger partial charge in [0.2, 0.25) is 17.7 Å². The van der Waals surface area contributed by atoms with Gasteiger partial charge in [-0.2, -0.15) is 0 Å². The lowest BCUT2D eigenvalue weighted by atomic mass is 10.4. The molecular formula is C11H22N2O3S. The average molecular weight is 262 g/mol. The van der Waals surface area contributed by atoms with E-state index in [0.29, 0.717) is 0 Å². The molecule has 1 unspecified atom stereocenters. The fourth-order valence-corrected chi connectivity index (χ4v) is 2.55. The second-order valence-electron chi connectivity index (χ2n) is 3.66. The lowest BCUT2D eigenvalue weighted by molar-refractivity contribution is -0.141. The van der Waals surface area contributed by atoms with Crippen LogP contribution in [-0.2, 0) is 14.4 Å². The van der Waals surface area contributed by atoms with Gasteiger partial charge in [-0.25, -0.2) is 0 Å². The van der Waals surface area contributed by atoms with Gasteiger partial charge in [-0.05, 0) is 5.25 Å². The number of hydrogen-bond acceptors (Lipinski definition) is 4. The van der Waals surface area contributed by atoms with Crippen molar-refractivity contribution in [2.75, 3.05) is 6.54 Å². The molecular weight excluding hydrogens is 240 g/mol. The molecule has 5 nitrogen and oxygen atoms in total. The van der Waals surface area contributed by atoms with E-state index in [4.69, 9.17) is 5.73 Å². The van der Waals surface area contributed by atoms with Crippen LogP contribution in [0.15, 0.2) is 0 Å². The van der Waals surface area contributed by atoms with Gasteiger partial charge >= 0.3 is 0 Å². The summed E-state index contributed by atoms with van der Waals surface area (Å²) in [7, 11) is 0. The first-order chi connectivity index (χ1) is 7.91. The molecule has 0 aromatic heterocycles. The predicted octanol–water partition coefficient (Wildman–Crippen LogP) is 1.01. The number of imide groups is 1. The predicted molar refractivity (Wildman–Crippen MR) is 70.5 cm³/mol. The van der Waals surface area contributed by atoms with Crippen LogP contribution >= 0.6 is 11.8 Å². The van der Waals surface area contributed by atoms with Crippen molar-refractivity contribution >= 4 is 29.5 Å². The Morgan fingerprint density at radius 2 is 2.06 bits per heavy atom. The summed E-state index contributed by atoms with van der Waals surface area (Å²) in [4.78, 5) is 34.7. The van der Waals surface area contributed by atoms with E-state index in [2.05, 4.69) is 0 Å². The van der Waals surface area contributed by atoms with Crippen LogP contribution in [0.5, 0.6) is 0 Å². The molecule has 1 heterocycles. The Bertz CT molecular complexity index is 311. The van der Waals surface area contributed by atoms with Crippen molar-refractivity contribution in [3.05, 3.63) is 0 Å². The number of carbonyl (C=O) groups excluding carboxylic acids is 3. The Morgan fingerprint density at radius 3 is 2.47 bits per heavy atom. The number of thioether (sulfide) groups is 1. The van der Waals surface area contributed by atoms with Crippen molar-refractivity contribution in [3.8, 4) is 0 Å². The number of likely N-dealkylation sites (tertiary alicyclic amines) is 1. The molecule has 0 aromatic rings. The number of amides is 3. The number of nitrogens with zero attached hydrogens (tertiary/aromatic N) is 1. The number of primary amides is 1. The molecule has 0 aromatic carbocycles. The van der Waals surface area contributed by atoms with E-state index in [1.165, 1.54) is 11.8 Å². The first-order valence-electron chi connectivity index (χ1n) is 5.69. The molecule has 2 N–H and O–H groups in total. The maximum absolute atomic E-state index is 11.7. The van der Waals surface area contributed by atoms with Crippen molar-refractivity contribution in [1.29, 1.82) is 0 Å². The molecule has 0 aliphatic carbocycles. The van der Waals surface area contributed by atoms with Gasteiger partial charge in [-0.3, -0.25) is 19.3 Å². The summed E-state index contributed by atoms with van der Waals surface area (Å²) >= 11 is 1.44. The Kier molecular flexibility index (Phi) is 6.87. The molecule has 100 valence electrons. The molecule has 1 saturated heterocycles. The van der Waals surface area contributed by atoms with E-state index < -0.39 is 5.91 Å². The second-order valence-corrected chi connectivity index (χ2v) is 5.45. The molecule has 6 heteroatoms. The number of nitrogens with two attached hydrogens (primary N) is 1. The van der Waals surface area contributed by atoms with E-state index in [-0.39, 0.29) is 36.7 Å². The molecule has 1 fully saturated rings. The van der Waals surface area contributed by atoms with Gasteiger partial charge in [0.05, 0.1) is 5.25 Å². The molecule has 0 saturated carbocycles. The van der Waals surface area contributed by atoms with Crippen molar-refractivity contribution in [2.45, 2.75) is 44.6 Å². The highest BCUT2D eigenvalue weighted by molar-refractivity contribution is 8.01. The molecule has 1 aliphatic heterocycles. The van der Waals surface area contributed by atoms with E-state index in [1.54, 1.807) is 0 Å². The monoisotopic (exact) mass is 262 g/mol. The summed E-state index contributed by atoms with van der Waals surface area (Å²) in [5.41, 5.74) is 4.95. The van der Waals surface area contributed by atoms with Crippen LogP contribution in [0.25, 0.3) is 0 Å². The Balaban J connectivity index is 0. The zero-order valence-corrected chi connectivity index (χ0v) is 11.5. The minimum absolute atomic E-state index is 0. The molecule has 0 radical (unpaired) electrons. The standard InChI is InChI=1S/C9H14N2O3S.C2H6.H2/c1-5(2)15-6-3-8(13)11(9(6)14)4-7(10)12;1-2;/h5-6H,3-4H2,1-2H3,(H2,10,12);1-2H3;1H. The van der Waals surface area contributed by atoms with Gasteiger partial charge in [-0.15, -0.1) is 11.8 Å². The van der Waals surface area contributed by atoms with Gasteiger partial charge in [0, 0.05) is 7.85 Å². The van der Waals surface area contributed by atoms with Crippen LogP contribution < -0.4 is 5.73 Å². The van der Waals surface area contributed by atoms with E-state index >= 15 is 0 Å². The zero-order chi connectivity index (χ0) is 13.6. The summed E-state index contributed by atoms with van der Waals surface area (Å²) in [6, 6.07) is 0. The number of hydrogen-bond donors (Lipinski definition) is 1. The van der Waals surface area contributed by atoms with Gasteiger partial charge in [0.15, 0.2) is 0 Å². The van der Waals surface area contributed by atoms with Crippen molar-refractivity contribution < 1.29 is 15.8 Å². The highest BCUT2D eigenvalue weighted by atomic mass is 32.2. The number of rotatable bonds is 4. The quantitative estimate of drug-likeness (QED) is 0.767. The topological polar surface area (TPSA) is 80.5 Å². The molecule has 0 spiro atoms. The summed E-state index contributed by atoms with van der Waals surface area (Å²) < 4.78 is 0. The Morgan fingerprint density at radius 1 is 1.53 bits per heavy atom. The normalized spacial score (nSPS) is 19.4. The minimum atomic E-state index is -0.660. The third-order valence-corrected chi connectivity index (χ3v) is 3.19. The first kappa shape index (κ1) is 16.0. The second kappa shape index (κ2) is 7.32. The molecule has 1 aliphatic rings. The summed E-state index contributed by atoms with van der Waals surface area (Å²) in [6.45, 7) is 7.62. The van der Waals surface area contributed by atoms with Gasteiger partial charge in [0.1, 0.15) is 6.54 Å². The zero-order valence-electron chi connectivity index (χ0n) is 10.7. The minimum Gasteiger partial charge on any atom is -0.368 e. The molecule has 1 atom stereocenters. The van der Waals surface area contributed by atoms with Crippen LogP contribution in [0.4, 0.5) is 0 Å². The van der Waals surface area contributed by atoms with Crippen LogP contribution in [-0.4, -0.2) is 39.7 Å².